The molecule has 0 saturated heterocycles. The third-order valence-corrected chi connectivity index (χ3v) is 12.6. The van der Waals surface area contributed by atoms with E-state index in [0.29, 0.717) is 12.8 Å². The zero-order valence-corrected chi connectivity index (χ0v) is 29.3. The number of rotatable bonds is 14. The second kappa shape index (κ2) is 15.7. The summed E-state index contributed by atoms with van der Waals surface area (Å²) in [7, 11) is -2.43. The Hall–Kier alpha value is -3.17. The number of nitrogens with one attached hydrogen (secondary N) is 2. The van der Waals surface area contributed by atoms with Gasteiger partial charge in [0, 0.05) is 5.92 Å². The second-order valence-electron chi connectivity index (χ2n) is 14.5. The molecule has 0 aromatic heterocycles. The van der Waals surface area contributed by atoms with Gasteiger partial charge in [-0.25, -0.2) is 9.59 Å². The van der Waals surface area contributed by atoms with Gasteiger partial charge in [-0.05, 0) is 75.2 Å². The normalized spacial score (nSPS) is 15.2. The molecule has 9 heteroatoms. The van der Waals surface area contributed by atoms with Crippen LogP contribution >= 0.6 is 0 Å². The molecule has 0 aliphatic carbocycles. The fraction of sp³-hybridized carbons (Fsp3) is 0.571. The topological polar surface area (TPSA) is 114 Å². The van der Waals surface area contributed by atoms with E-state index in [1.54, 1.807) is 13.8 Å². The zero-order chi connectivity index (χ0) is 33.3. The van der Waals surface area contributed by atoms with Gasteiger partial charge in [0.1, 0.15) is 11.6 Å². The van der Waals surface area contributed by atoms with Crippen molar-refractivity contribution in [3.05, 3.63) is 71.8 Å². The molecule has 0 aliphatic heterocycles. The summed E-state index contributed by atoms with van der Waals surface area (Å²) in [4.78, 5) is 39.2. The number of benzene rings is 2. The highest BCUT2D eigenvalue weighted by Crippen LogP contribution is 2.39. The molecule has 0 saturated carbocycles. The minimum absolute atomic E-state index is 0.141. The Morgan fingerprint density at radius 1 is 0.818 bits per heavy atom. The molecule has 0 fully saturated rings. The van der Waals surface area contributed by atoms with E-state index >= 15 is 0 Å². The molecule has 3 N–H and O–H groups in total. The maximum absolute atomic E-state index is 13.9. The van der Waals surface area contributed by atoms with Crippen LogP contribution in [0.25, 0.3) is 0 Å². The van der Waals surface area contributed by atoms with Crippen LogP contribution in [0.2, 0.25) is 18.1 Å². The first-order valence-electron chi connectivity index (χ1n) is 15.6. The van der Waals surface area contributed by atoms with Gasteiger partial charge in [-0.15, -0.1) is 0 Å². The lowest BCUT2D eigenvalue weighted by Gasteiger charge is -2.42. The smallest absolute Gasteiger partial charge is 0.407 e. The molecule has 2 rings (SSSR count). The van der Waals surface area contributed by atoms with E-state index in [4.69, 9.17) is 9.16 Å². The molecule has 0 heterocycles. The van der Waals surface area contributed by atoms with E-state index in [1.165, 1.54) is 0 Å². The number of carboxylic acids is 1. The maximum atomic E-state index is 13.9. The van der Waals surface area contributed by atoms with Crippen LogP contribution in [0.3, 0.4) is 0 Å². The Kier molecular flexibility index (Phi) is 13.2. The fourth-order valence-electron chi connectivity index (χ4n) is 4.70. The average molecular weight is 627 g/mol. The Balaban J connectivity index is 2.61. The molecule has 4 atom stereocenters. The Bertz CT molecular complexity index is 1210. The van der Waals surface area contributed by atoms with Gasteiger partial charge in [0.25, 0.3) is 0 Å². The van der Waals surface area contributed by atoms with Gasteiger partial charge in [0.15, 0.2) is 8.32 Å². The molecule has 2 amide bonds. The number of hydrogen-bond acceptors (Lipinski definition) is 5. The number of aliphatic carboxylic acids is 1. The molecule has 2 aromatic rings. The first-order chi connectivity index (χ1) is 20.3. The third-order valence-electron chi connectivity index (χ3n) is 8.14. The minimum Gasteiger partial charge on any atom is -0.480 e. The Morgan fingerprint density at radius 3 is 1.75 bits per heavy atom. The van der Waals surface area contributed by atoms with Crippen LogP contribution in [0.1, 0.15) is 72.9 Å². The Labute approximate surface area is 265 Å². The van der Waals surface area contributed by atoms with Crippen LogP contribution in [-0.4, -0.2) is 55.2 Å². The molecule has 244 valence electrons. The van der Waals surface area contributed by atoms with Crippen molar-refractivity contribution in [2.24, 2.45) is 11.8 Å². The molecule has 2 aromatic carbocycles. The van der Waals surface area contributed by atoms with Crippen LogP contribution in [0.15, 0.2) is 60.7 Å². The van der Waals surface area contributed by atoms with Gasteiger partial charge in [0.05, 0.1) is 12.1 Å². The monoisotopic (exact) mass is 626 g/mol. The minimum atomic E-state index is -2.43. The largest absolute Gasteiger partial charge is 0.480 e. The molecule has 44 heavy (non-hydrogen) atoms. The maximum Gasteiger partial charge on any atom is 0.407 e. The summed E-state index contributed by atoms with van der Waals surface area (Å²) < 4.78 is 12.7. The van der Waals surface area contributed by atoms with Crippen LogP contribution in [0.5, 0.6) is 0 Å². The van der Waals surface area contributed by atoms with Gasteiger partial charge in [-0.3, -0.25) is 4.79 Å². The summed E-state index contributed by atoms with van der Waals surface area (Å²) in [5, 5.41) is 15.6. The van der Waals surface area contributed by atoms with E-state index in [0.717, 1.165) is 11.1 Å². The van der Waals surface area contributed by atoms with Gasteiger partial charge < -0.3 is 24.9 Å². The molecule has 0 radical (unpaired) electrons. The van der Waals surface area contributed by atoms with Gasteiger partial charge in [-0.2, -0.15) is 0 Å². The van der Waals surface area contributed by atoms with Crippen molar-refractivity contribution >= 4 is 26.3 Å². The summed E-state index contributed by atoms with van der Waals surface area (Å²) in [6.45, 7) is 19.7. The van der Waals surface area contributed by atoms with Crippen molar-refractivity contribution in [1.82, 2.24) is 10.6 Å². The quantitative estimate of drug-likeness (QED) is 0.195. The second-order valence-corrected chi connectivity index (χ2v) is 19.3. The van der Waals surface area contributed by atoms with Crippen molar-refractivity contribution in [1.29, 1.82) is 0 Å². The number of hydrogen-bond donors (Lipinski definition) is 3. The van der Waals surface area contributed by atoms with E-state index in [1.807, 2.05) is 81.4 Å². The van der Waals surface area contributed by atoms with Crippen LogP contribution in [0, 0.1) is 11.8 Å². The molecular weight excluding hydrogens is 572 g/mol. The highest BCUT2D eigenvalue weighted by atomic mass is 28.4. The van der Waals surface area contributed by atoms with E-state index in [2.05, 4.69) is 44.5 Å². The van der Waals surface area contributed by atoms with E-state index < -0.39 is 50.1 Å². The molecule has 8 nitrogen and oxygen atoms in total. The van der Waals surface area contributed by atoms with Crippen molar-refractivity contribution < 1.29 is 28.7 Å². The van der Waals surface area contributed by atoms with Gasteiger partial charge >= 0.3 is 12.1 Å². The number of carboxylic acid groups (broad SMARTS) is 1. The van der Waals surface area contributed by atoms with E-state index in [9.17, 15) is 19.5 Å². The average Bonchev–Trinajstić information content (AvgIpc) is 2.89. The number of carbonyl (C=O) groups excluding carboxylic acids is 2. The lowest BCUT2D eigenvalue weighted by molar-refractivity contribution is -0.144. The number of ether oxygens (including phenoxy) is 1. The number of carbonyl (C=O) groups is 3. The van der Waals surface area contributed by atoms with E-state index in [-0.39, 0.29) is 23.3 Å². The number of alkyl carbamates (subject to hydrolysis) is 1. The molecule has 0 bridgehead atoms. The first-order valence-corrected chi connectivity index (χ1v) is 18.5. The number of amides is 2. The highest BCUT2D eigenvalue weighted by Gasteiger charge is 2.43. The molecule has 0 spiro atoms. The SMILES string of the molecule is CC(C)[C@H](NC(=O)C(Cc1ccccc1)CC(O[Si](C)(C)C(C)(C)C)C(Cc1ccccc1)NC(=O)OC(C)(C)C)C(=O)O. The summed E-state index contributed by atoms with van der Waals surface area (Å²) in [6.07, 6.45) is -0.00492. The van der Waals surface area contributed by atoms with Crippen molar-refractivity contribution in [3.8, 4) is 0 Å². The molecule has 0 aliphatic rings. The van der Waals surface area contributed by atoms with Crippen LogP contribution in [-0.2, 0) is 31.6 Å². The van der Waals surface area contributed by atoms with Gasteiger partial charge in [-0.1, -0.05) is 95.3 Å². The van der Waals surface area contributed by atoms with Crippen molar-refractivity contribution in [2.75, 3.05) is 0 Å². The van der Waals surface area contributed by atoms with Crippen molar-refractivity contribution in [3.63, 3.8) is 0 Å². The third kappa shape index (κ3) is 12.1. The predicted molar refractivity (Wildman–Crippen MR) is 178 cm³/mol. The first kappa shape index (κ1) is 37.0. The molecule has 3 unspecified atom stereocenters. The van der Waals surface area contributed by atoms with Crippen LogP contribution in [0.4, 0.5) is 4.79 Å². The van der Waals surface area contributed by atoms with Crippen molar-refractivity contribution in [2.45, 2.75) is 117 Å². The lowest BCUT2D eigenvalue weighted by Crippen LogP contribution is -2.55. The zero-order valence-electron chi connectivity index (χ0n) is 28.3. The predicted octanol–water partition coefficient (Wildman–Crippen LogP) is 6.99. The summed E-state index contributed by atoms with van der Waals surface area (Å²) in [6, 6.07) is 18.0. The standard InChI is InChI=1S/C35H54N2O6Si/c1-24(2)30(32(39)40)37-31(38)27(21-25-17-13-11-14-18-25)23-29(43-44(9,10)35(6,7)8)28(22-26-19-15-12-16-20-26)36-33(41)42-34(3,4)5/h11-20,24,27-30H,21-23H2,1-10H3,(H,36,41)(H,37,38)(H,39,40)/t27?,28?,29?,30-/m0/s1. The summed E-state index contributed by atoms with van der Waals surface area (Å²) >= 11 is 0. The Morgan fingerprint density at radius 2 is 1.32 bits per heavy atom. The lowest BCUT2D eigenvalue weighted by atomic mass is 9.88. The highest BCUT2D eigenvalue weighted by molar-refractivity contribution is 6.74. The van der Waals surface area contributed by atoms with Crippen LogP contribution < -0.4 is 10.6 Å². The summed E-state index contributed by atoms with van der Waals surface area (Å²) in [5.41, 5.74) is 1.26. The van der Waals surface area contributed by atoms with Gasteiger partial charge in [0.2, 0.25) is 5.91 Å². The fourth-order valence-corrected chi connectivity index (χ4v) is 6.07. The molecular formula is C35H54N2O6Si. The summed E-state index contributed by atoms with van der Waals surface area (Å²) in [5.74, 6) is -2.34.